The molecule has 0 heterocycles. The minimum absolute atomic E-state index is 0.00794. The van der Waals surface area contributed by atoms with Gasteiger partial charge in [-0.15, -0.1) is 0 Å². The van der Waals surface area contributed by atoms with Crippen LogP contribution in [0.3, 0.4) is 0 Å². The van der Waals surface area contributed by atoms with Crippen LogP contribution in [0.5, 0.6) is 5.75 Å². The number of nitrogens with one attached hydrogen (secondary N) is 1. The van der Waals surface area contributed by atoms with Gasteiger partial charge >= 0.3 is 0 Å². The fourth-order valence-electron chi connectivity index (χ4n) is 1.73. The molecule has 1 atom stereocenters. The highest BCUT2D eigenvalue weighted by Gasteiger charge is 2.27. The van der Waals surface area contributed by atoms with Crippen molar-refractivity contribution in [2.45, 2.75) is 32.2 Å². The smallest absolute Gasteiger partial charge is 0.244 e. The molecule has 1 rings (SSSR count). The van der Waals surface area contributed by atoms with Gasteiger partial charge in [-0.2, -0.15) is 0 Å². The van der Waals surface area contributed by atoms with Crippen LogP contribution in [0.15, 0.2) is 12.1 Å². The Morgan fingerprint density at radius 3 is 2.37 bits per heavy atom. The van der Waals surface area contributed by atoms with E-state index < -0.39 is 28.8 Å². The van der Waals surface area contributed by atoms with Crippen molar-refractivity contribution < 1.29 is 18.3 Å². The maximum Gasteiger partial charge on any atom is 0.244 e. The van der Waals surface area contributed by atoms with Gasteiger partial charge < -0.3 is 15.8 Å². The van der Waals surface area contributed by atoms with Crippen molar-refractivity contribution >= 4 is 11.6 Å². The van der Waals surface area contributed by atoms with Crippen molar-refractivity contribution in [3.8, 4) is 5.75 Å². The number of carbonyl (C=O) groups is 1. The molecule has 6 heteroatoms. The van der Waals surface area contributed by atoms with Gasteiger partial charge in [-0.25, -0.2) is 8.78 Å². The lowest BCUT2D eigenvalue weighted by Crippen LogP contribution is -2.48. The van der Waals surface area contributed by atoms with Gasteiger partial charge in [-0.05, 0) is 13.3 Å². The molecule has 1 aromatic carbocycles. The Morgan fingerprint density at radius 1 is 1.42 bits per heavy atom. The van der Waals surface area contributed by atoms with Gasteiger partial charge in [-0.1, -0.05) is 13.3 Å². The second-order valence-electron chi connectivity index (χ2n) is 4.59. The molecule has 4 nitrogen and oxygen atoms in total. The number of hydrogen-bond donors (Lipinski definition) is 2. The van der Waals surface area contributed by atoms with E-state index >= 15 is 0 Å². The largest absolute Gasteiger partial charge is 0.491 e. The highest BCUT2D eigenvalue weighted by Crippen LogP contribution is 2.25. The van der Waals surface area contributed by atoms with Crippen LogP contribution < -0.4 is 15.8 Å². The van der Waals surface area contributed by atoms with Gasteiger partial charge in [-0.3, -0.25) is 4.79 Å². The topological polar surface area (TPSA) is 64.4 Å². The molecule has 0 aliphatic rings. The van der Waals surface area contributed by atoms with Crippen LogP contribution in [0.4, 0.5) is 14.5 Å². The maximum atomic E-state index is 13.5. The summed E-state index contributed by atoms with van der Waals surface area (Å²) in [5.74, 6) is -2.74. The number of methoxy groups -OCH3 is 1. The van der Waals surface area contributed by atoms with E-state index in [0.29, 0.717) is 6.42 Å². The molecule has 1 aromatic rings. The number of nitrogens with two attached hydrogens (primary N) is 1. The van der Waals surface area contributed by atoms with E-state index in [2.05, 4.69) is 10.1 Å². The number of amides is 1. The van der Waals surface area contributed by atoms with E-state index in [1.165, 1.54) is 0 Å². The molecule has 1 unspecified atom stereocenters. The molecule has 0 spiro atoms. The molecule has 3 N–H and O–H groups in total. The van der Waals surface area contributed by atoms with Crippen LogP contribution in [0, 0.1) is 11.6 Å². The fourth-order valence-corrected chi connectivity index (χ4v) is 1.73. The predicted octanol–water partition coefficient (Wildman–Crippen LogP) is 2.43. The average Bonchev–Trinajstić information content (AvgIpc) is 2.28. The Kier molecular flexibility index (Phi) is 4.83. The minimum Gasteiger partial charge on any atom is -0.491 e. The number of ether oxygens (including phenoxy) is 1. The summed E-state index contributed by atoms with van der Waals surface area (Å²) in [5, 5.41) is 2.40. The number of hydrogen-bond acceptors (Lipinski definition) is 3. The van der Waals surface area contributed by atoms with Crippen molar-refractivity contribution in [1.29, 1.82) is 0 Å². The van der Waals surface area contributed by atoms with Crippen molar-refractivity contribution in [3.63, 3.8) is 0 Å². The zero-order valence-electron chi connectivity index (χ0n) is 11.2. The lowest BCUT2D eigenvalue weighted by atomic mass is 9.96. The Hall–Kier alpha value is -1.69. The molecular formula is C13H18F2N2O2. The summed E-state index contributed by atoms with van der Waals surface area (Å²) in [6.07, 6.45) is 1.20. The van der Waals surface area contributed by atoms with Crippen molar-refractivity contribution in [2.75, 3.05) is 12.4 Å². The second-order valence-corrected chi connectivity index (χ2v) is 4.59. The number of anilines is 1. The Bertz CT molecular complexity index is 453. The van der Waals surface area contributed by atoms with Gasteiger partial charge in [0.15, 0.2) is 17.4 Å². The third-order valence-corrected chi connectivity index (χ3v) is 2.75. The zero-order valence-corrected chi connectivity index (χ0v) is 11.2. The van der Waals surface area contributed by atoms with Gasteiger partial charge in [0.1, 0.15) is 0 Å². The van der Waals surface area contributed by atoms with Crippen LogP contribution in [0.25, 0.3) is 0 Å². The lowest BCUT2D eigenvalue weighted by molar-refractivity contribution is -0.120. The Labute approximate surface area is 110 Å². The van der Waals surface area contributed by atoms with E-state index in [-0.39, 0.29) is 5.69 Å². The van der Waals surface area contributed by atoms with E-state index in [0.717, 1.165) is 25.7 Å². The maximum absolute atomic E-state index is 13.5. The summed E-state index contributed by atoms with van der Waals surface area (Å²) in [7, 11) is 1.16. The van der Waals surface area contributed by atoms with Crippen LogP contribution in [-0.2, 0) is 4.79 Å². The molecule has 106 valence electrons. The first kappa shape index (κ1) is 15.4. The summed E-state index contributed by atoms with van der Waals surface area (Å²) in [6, 6.07) is 1.98. The van der Waals surface area contributed by atoms with Gasteiger partial charge in [0.05, 0.1) is 12.6 Å². The molecule has 1 amide bonds. The number of benzene rings is 1. The standard InChI is InChI=1S/C13H18F2N2O2/c1-4-5-13(2,16)12(18)17-8-6-9(14)11(19-3)10(15)7-8/h6-7H,4-5,16H2,1-3H3,(H,17,18). The van der Waals surface area contributed by atoms with Crippen molar-refractivity contribution in [1.82, 2.24) is 0 Å². The van der Waals surface area contributed by atoms with Crippen LogP contribution in [-0.4, -0.2) is 18.6 Å². The summed E-state index contributed by atoms with van der Waals surface area (Å²) in [6.45, 7) is 3.47. The van der Waals surface area contributed by atoms with E-state index in [1.54, 1.807) is 6.92 Å². The van der Waals surface area contributed by atoms with Crippen LogP contribution in [0.2, 0.25) is 0 Å². The molecule has 0 saturated carbocycles. The molecule has 0 saturated heterocycles. The summed E-state index contributed by atoms with van der Waals surface area (Å²) in [5.41, 5.74) is 4.75. The monoisotopic (exact) mass is 272 g/mol. The van der Waals surface area contributed by atoms with Gasteiger partial charge in [0, 0.05) is 17.8 Å². The first-order valence-corrected chi connectivity index (χ1v) is 5.95. The third kappa shape index (κ3) is 3.64. The quantitative estimate of drug-likeness (QED) is 0.865. The normalized spacial score (nSPS) is 13.8. The van der Waals surface area contributed by atoms with Gasteiger partial charge in [0.25, 0.3) is 0 Å². The molecule has 0 aliphatic carbocycles. The number of rotatable bonds is 5. The van der Waals surface area contributed by atoms with Crippen LogP contribution in [0.1, 0.15) is 26.7 Å². The average molecular weight is 272 g/mol. The molecule has 0 radical (unpaired) electrons. The SMILES string of the molecule is CCCC(C)(N)C(=O)Nc1cc(F)c(OC)c(F)c1. The molecular weight excluding hydrogens is 254 g/mol. The van der Waals surface area contributed by atoms with Crippen LogP contribution >= 0.6 is 0 Å². The zero-order chi connectivity index (χ0) is 14.6. The molecule has 0 bridgehead atoms. The number of halogens is 2. The molecule has 0 aromatic heterocycles. The minimum atomic E-state index is -1.08. The highest BCUT2D eigenvalue weighted by molar-refractivity contribution is 5.97. The van der Waals surface area contributed by atoms with E-state index in [1.807, 2.05) is 6.92 Å². The third-order valence-electron chi connectivity index (χ3n) is 2.75. The predicted molar refractivity (Wildman–Crippen MR) is 69.0 cm³/mol. The first-order chi connectivity index (χ1) is 8.81. The van der Waals surface area contributed by atoms with Crippen molar-refractivity contribution in [2.24, 2.45) is 5.73 Å². The molecule has 0 fully saturated rings. The van der Waals surface area contributed by atoms with E-state index in [4.69, 9.17) is 5.73 Å². The lowest BCUT2D eigenvalue weighted by Gasteiger charge is -2.23. The fraction of sp³-hybridized carbons (Fsp3) is 0.462. The first-order valence-electron chi connectivity index (χ1n) is 5.95. The van der Waals surface area contributed by atoms with Gasteiger partial charge in [0.2, 0.25) is 5.91 Å². The summed E-state index contributed by atoms with van der Waals surface area (Å²) in [4.78, 5) is 11.9. The molecule has 19 heavy (non-hydrogen) atoms. The highest BCUT2D eigenvalue weighted by atomic mass is 19.1. The molecule has 0 aliphatic heterocycles. The Balaban J connectivity index is 2.92. The number of carbonyl (C=O) groups excluding carboxylic acids is 1. The van der Waals surface area contributed by atoms with E-state index in [9.17, 15) is 13.6 Å². The summed E-state index contributed by atoms with van der Waals surface area (Å²) < 4.78 is 31.5. The summed E-state index contributed by atoms with van der Waals surface area (Å²) >= 11 is 0. The Morgan fingerprint density at radius 2 is 1.95 bits per heavy atom. The van der Waals surface area contributed by atoms with Crippen molar-refractivity contribution in [3.05, 3.63) is 23.8 Å². The second kappa shape index (κ2) is 5.97.